The van der Waals surface area contributed by atoms with Crippen molar-refractivity contribution < 1.29 is 38.4 Å². The maximum Gasteiger partial charge on any atom is 0.341 e. The first kappa shape index (κ1) is 20.8. The molecule has 0 unspecified atom stereocenters. The number of tetrazole rings is 1. The minimum absolute atomic E-state index is 0.0458. The smallest absolute Gasteiger partial charge is 0.341 e. The topological polar surface area (TPSA) is 156 Å². The molecule has 1 aromatic heterocycles. The minimum atomic E-state index is -0.964. The van der Waals surface area contributed by atoms with Crippen LogP contribution >= 0.6 is 11.8 Å². The predicted molar refractivity (Wildman–Crippen MR) is 106 cm³/mol. The molecule has 3 aliphatic heterocycles. The second kappa shape index (κ2) is 8.80. The monoisotopic (exact) mass is 465 g/mol. The quantitative estimate of drug-likeness (QED) is 0.532. The van der Waals surface area contributed by atoms with Crippen molar-refractivity contribution in [3.8, 4) is 23.3 Å². The molecule has 2 aromatic rings. The Morgan fingerprint density at radius 2 is 2.03 bits per heavy atom. The lowest BCUT2D eigenvalue weighted by Crippen LogP contribution is -2.44. The van der Waals surface area contributed by atoms with Gasteiger partial charge in [-0.15, -0.1) is 11.8 Å². The van der Waals surface area contributed by atoms with E-state index in [-0.39, 0.29) is 67.7 Å². The van der Waals surface area contributed by atoms with Gasteiger partial charge >= 0.3 is 12.0 Å². The normalized spacial score (nSPS) is 25.5. The molecule has 170 valence electrons. The lowest BCUT2D eigenvalue weighted by Gasteiger charge is -2.18. The van der Waals surface area contributed by atoms with E-state index in [1.807, 2.05) is 0 Å². The number of nitrogens with one attached hydrogen (secondary N) is 1. The Balaban J connectivity index is 1.22. The number of carboxylic acid groups (broad SMARTS) is 1. The molecule has 0 radical (unpaired) electrons. The van der Waals surface area contributed by atoms with Crippen LogP contribution in [0.5, 0.6) is 23.3 Å². The van der Waals surface area contributed by atoms with Crippen LogP contribution in [0.25, 0.3) is 0 Å². The number of carbonyl (C=O) groups is 2. The number of carboxylic acids is 1. The van der Waals surface area contributed by atoms with Crippen molar-refractivity contribution in [2.24, 2.45) is 0 Å². The van der Waals surface area contributed by atoms with Crippen LogP contribution in [0.4, 0.5) is 0 Å². The predicted octanol–water partition coefficient (Wildman–Crippen LogP) is -0.165. The summed E-state index contributed by atoms with van der Waals surface area (Å²) in [5.41, 5.74) is 0. The molecule has 0 spiro atoms. The van der Waals surface area contributed by atoms with Gasteiger partial charge in [-0.25, -0.2) is 0 Å². The third-order valence-electron chi connectivity index (χ3n) is 5.16. The van der Waals surface area contributed by atoms with Gasteiger partial charge in [0.1, 0.15) is 24.0 Å². The second-order valence-electron chi connectivity index (χ2n) is 7.25. The molecular formula is C18H19N5O8S. The van der Waals surface area contributed by atoms with E-state index in [4.69, 9.17) is 28.8 Å². The van der Waals surface area contributed by atoms with Crippen molar-refractivity contribution in [2.75, 3.05) is 31.5 Å². The van der Waals surface area contributed by atoms with Crippen LogP contribution in [-0.2, 0) is 19.1 Å². The van der Waals surface area contributed by atoms with E-state index in [1.54, 1.807) is 18.2 Å². The summed E-state index contributed by atoms with van der Waals surface area (Å²) in [5, 5.41) is 23.2. The van der Waals surface area contributed by atoms with Crippen LogP contribution in [0.1, 0.15) is 6.04 Å². The average molecular weight is 465 g/mol. The molecule has 0 aliphatic carbocycles. The van der Waals surface area contributed by atoms with Crippen LogP contribution in [-0.4, -0.2) is 87.0 Å². The number of aromatic nitrogens is 4. The standard InChI is InChI=1S/C18H19N5O8S/c24-14(6-32-7-15(25)26)19-10-4-27-17-11(5-28-16(10)17)23-18(20-21-22-23)31-9-1-2-12-13(3-9)30-8-29-12/h1-3,10-11,16-17H,4-8H2,(H,19,24)(H,25,26)/t10-,11+,16-,17+/m0/s1. The zero-order valence-electron chi connectivity index (χ0n) is 16.6. The van der Waals surface area contributed by atoms with Gasteiger partial charge in [-0.3, -0.25) is 9.59 Å². The highest BCUT2D eigenvalue weighted by Gasteiger charge is 2.50. The number of benzene rings is 1. The third-order valence-corrected chi connectivity index (χ3v) is 6.08. The van der Waals surface area contributed by atoms with E-state index < -0.39 is 5.97 Å². The number of rotatable bonds is 8. The molecule has 13 nitrogen and oxygen atoms in total. The first-order valence-corrected chi connectivity index (χ1v) is 10.9. The van der Waals surface area contributed by atoms with Crippen molar-refractivity contribution in [1.82, 2.24) is 25.5 Å². The summed E-state index contributed by atoms with van der Waals surface area (Å²) in [4.78, 5) is 22.7. The molecule has 1 amide bonds. The van der Waals surface area contributed by atoms with Crippen molar-refractivity contribution in [3.63, 3.8) is 0 Å². The molecular weight excluding hydrogens is 446 g/mol. The number of nitrogens with zero attached hydrogens (tertiary/aromatic N) is 4. The van der Waals surface area contributed by atoms with E-state index >= 15 is 0 Å². The highest BCUT2D eigenvalue weighted by atomic mass is 32.2. The van der Waals surface area contributed by atoms with Crippen LogP contribution in [0.2, 0.25) is 0 Å². The molecule has 3 aliphatic rings. The Kier molecular flexibility index (Phi) is 5.71. The molecule has 2 N–H and O–H groups in total. The Bertz CT molecular complexity index is 1020. The summed E-state index contributed by atoms with van der Waals surface area (Å²) in [7, 11) is 0. The summed E-state index contributed by atoms with van der Waals surface area (Å²) in [6, 6.07) is 4.62. The highest BCUT2D eigenvalue weighted by Crippen LogP contribution is 2.38. The molecule has 0 saturated carbocycles. The van der Waals surface area contributed by atoms with Gasteiger partial charge < -0.3 is 34.1 Å². The zero-order valence-corrected chi connectivity index (χ0v) is 17.4. The fraction of sp³-hybridized carbons (Fsp3) is 0.500. The maximum atomic E-state index is 12.1. The molecule has 2 fully saturated rings. The Morgan fingerprint density at radius 1 is 1.19 bits per heavy atom. The van der Waals surface area contributed by atoms with Crippen LogP contribution in [0, 0.1) is 0 Å². The van der Waals surface area contributed by atoms with Gasteiger partial charge in [-0.2, -0.15) is 4.68 Å². The summed E-state index contributed by atoms with van der Waals surface area (Å²) < 4.78 is 29.8. The second-order valence-corrected chi connectivity index (χ2v) is 8.23. The lowest BCUT2D eigenvalue weighted by atomic mass is 10.1. The van der Waals surface area contributed by atoms with Crippen molar-refractivity contribution in [1.29, 1.82) is 0 Å². The minimum Gasteiger partial charge on any atom is -0.481 e. The van der Waals surface area contributed by atoms with E-state index in [0.717, 1.165) is 11.8 Å². The SMILES string of the molecule is O=C(O)CSCC(=O)N[C@H]1CO[C@H]2[C@H]1OC[C@H]2n1nnnc1Oc1ccc2c(c1)OCO2. The van der Waals surface area contributed by atoms with Crippen LogP contribution < -0.4 is 19.5 Å². The summed E-state index contributed by atoms with van der Waals surface area (Å²) in [6.45, 7) is 0.700. The molecule has 5 rings (SSSR count). The van der Waals surface area contributed by atoms with Gasteiger partial charge in [0, 0.05) is 6.07 Å². The number of fused-ring (bicyclic) bond motifs is 2. The molecule has 0 bridgehead atoms. The number of thioether (sulfide) groups is 1. The van der Waals surface area contributed by atoms with Gasteiger partial charge in [-0.05, 0) is 22.6 Å². The van der Waals surface area contributed by atoms with Gasteiger partial charge in [0.15, 0.2) is 11.5 Å². The van der Waals surface area contributed by atoms with Gasteiger partial charge in [-0.1, -0.05) is 5.10 Å². The Morgan fingerprint density at radius 3 is 2.91 bits per heavy atom. The van der Waals surface area contributed by atoms with E-state index in [0.29, 0.717) is 17.2 Å². The summed E-state index contributed by atoms with van der Waals surface area (Å²) in [5.74, 6) is 0.371. The molecule has 4 heterocycles. The van der Waals surface area contributed by atoms with Gasteiger partial charge in [0.25, 0.3) is 0 Å². The van der Waals surface area contributed by atoms with E-state index in [2.05, 4.69) is 20.8 Å². The number of carbonyl (C=O) groups excluding carboxylic acids is 1. The van der Waals surface area contributed by atoms with E-state index in [9.17, 15) is 9.59 Å². The van der Waals surface area contributed by atoms with Crippen molar-refractivity contribution in [3.05, 3.63) is 18.2 Å². The Labute approximate surface area is 185 Å². The fourth-order valence-corrected chi connectivity index (χ4v) is 4.34. The van der Waals surface area contributed by atoms with Gasteiger partial charge in [0.05, 0.1) is 30.8 Å². The average Bonchev–Trinajstić information content (AvgIpc) is 3.53. The molecule has 4 atom stereocenters. The zero-order chi connectivity index (χ0) is 22.1. The summed E-state index contributed by atoms with van der Waals surface area (Å²) in [6.07, 6.45) is -0.759. The molecule has 14 heteroatoms. The number of hydrogen-bond acceptors (Lipinski definition) is 11. The number of aliphatic carboxylic acids is 1. The first-order valence-electron chi connectivity index (χ1n) is 9.76. The van der Waals surface area contributed by atoms with Crippen molar-refractivity contribution in [2.45, 2.75) is 24.3 Å². The first-order chi connectivity index (χ1) is 15.6. The third kappa shape index (κ3) is 4.16. The number of amides is 1. The molecule has 1 aromatic carbocycles. The van der Waals surface area contributed by atoms with E-state index in [1.165, 1.54) is 4.68 Å². The van der Waals surface area contributed by atoms with Crippen molar-refractivity contribution >= 4 is 23.6 Å². The van der Waals surface area contributed by atoms with Crippen LogP contribution in [0.15, 0.2) is 18.2 Å². The summed E-state index contributed by atoms with van der Waals surface area (Å²) >= 11 is 1.03. The lowest BCUT2D eigenvalue weighted by molar-refractivity contribution is -0.133. The van der Waals surface area contributed by atoms with Crippen LogP contribution in [0.3, 0.4) is 0 Å². The van der Waals surface area contributed by atoms with Gasteiger partial charge in [0.2, 0.25) is 12.7 Å². The largest absolute Gasteiger partial charge is 0.481 e. The number of ether oxygens (including phenoxy) is 5. The molecule has 2 saturated heterocycles. The molecule has 32 heavy (non-hydrogen) atoms. The number of hydrogen-bond donors (Lipinski definition) is 2. The fourth-order valence-electron chi connectivity index (χ4n) is 3.80. The highest BCUT2D eigenvalue weighted by molar-refractivity contribution is 8.00. The Hall–Kier alpha value is -3.10. The maximum absolute atomic E-state index is 12.1.